The van der Waals surface area contributed by atoms with E-state index in [9.17, 15) is 0 Å². The number of aromatic nitrogens is 3. The summed E-state index contributed by atoms with van der Waals surface area (Å²) in [7, 11) is 0. The molecule has 0 amide bonds. The van der Waals surface area contributed by atoms with Crippen molar-refractivity contribution < 1.29 is 9.47 Å². The van der Waals surface area contributed by atoms with Crippen molar-refractivity contribution in [2.45, 2.75) is 25.0 Å². The van der Waals surface area contributed by atoms with Gasteiger partial charge in [-0.3, -0.25) is 0 Å². The molecule has 2 aliphatic rings. The van der Waals surface area contributed by atoms with Gasteiger partial charge < -0.3 is 14.5 Å². The number of aromatic amines is 1. The highest BCUT2D eigenvalue weighted by atomic mass is 35.5. The van der Waals surface area contributed by atoms with E-state index < -0.39 is 0 Å². The van der Waals surface area contributed by atoms with Gasteiger partial charge in [-0.1, -0.05) is 17.7 Å². The van der Waals surface area contributed by atoms with Crippen molar-refractivity contribution in [3.8, 4) is 0 Å². The fourth-order valence-electron chi connectivity index (χ4n) is 2.89. The molecule has 1 aliphatic heterocycles. The molecule has 2 aromatic heterocycles. The van der Waals surface area contributed by atoms with E-state index in [2.05, 4.69) is 21.0 Å². The lowest BCUT2D eigenvalue weighted by molar-refractivity contribution is -0.159. The topological polar surface area (TPSA) is 60.0 Å². The molecule has 20 heavy (non-hydrogen) atoms. The second-order valence-electron chi connectivity index (χ2n) is 5.15. The van der Waals surface area contributed by atoms with E-state index in [1.807, 2.05) is 6.07 Å². The number of nitrogens with zero attached hydrogens (tertiary/aromatic N) is 2. The maximum absolute atomic E-state index is 6.08. The van der Waals surface area contributed by atoms with Crippen LogP contribution in [0, 0.1) is 0 Å². The molecule has 5 nitrogen and oxygen atoms in total. The molecule has 0 aromatic carbocycles. The van der Waals surface area contributed by atoms with Gasteiger partial charge >= 0.3 is 0 Å². The van der Waals surface area contributed by atoms with E-state index in [-0.39, 0.29) is 5.79 Å². The van der Waals surface area contributed by atoms with Crippen LogP contribution in [0.4, 0.5) is 0 Å². The summed E-state index contributed by atoms with van der Waals surface area (Å²) in [5.41, 5.74) is 3.08. The molecule has 0 bridgehead atoms. The van der Waals surface area contributed by atoms with E-state index in [0.717, 1.165) is 36.0 Å². The van der Waals surface area contributed by atoms with Gasteiger partial charge in [0.1, 0.15) is 17.1 Å². The number of halogens is 1. The largest absolute Gasteiger partial charge is 0.347 e. The number of rotatable bonds is 1. The van der Waals surface area contributed by atoms with Crippen molar-refractivity contribution in [1.29, 1.82) is 0 Å². The van der Waals surface area contributed by atoms with E-state index in [1.165, 1.54) is 11.9 Å². The minimum absolute atomic E-state index is 0.382. The quantitative estimate of drug-likeness (QED) is 0.821. The van der Waals surface area contributed by atoms with Crippen molar-refractivity contribution in [2.24, 2.45) is 0 Å². The molecule has 1 spiro atoms. The number of fused-ring (bicyclic) bond motifs is 1. The maximum Gasteiger partial charge on any atom is 0.172 e. The summed E-state index contributed by atoms with van der Waals surface area (Å²) in [6.45, 7) is 1.39. The molecule has 104 valence electrons. The molecule has 1 aliphatic carbocycles. The van der Waals surface area contributed by atoms with Gasteiger partial charge in [-0.15, -0.1) is 0 Å². The summed E-state index contributed by atoms with van der Waals surface area (Å²) in [5.74, 6) is -0.382. The second-order valence-corrected chi connectivity index (χ2v) is 5.51. The Kier molecular flexibility index (Phi) is 2.80. The first-order chi connectivity index (χ1) is 9.76. The van der Waals surface area contributed by atoms with Crippen LogP contribution in [0.3, 0.4) is 0 Å². The molecular weight excluding hydrogens is 278 g/mol. The Labute approximate surface area is 121 Å². The van der Waals surface area contributed by atoms with Crippen LogP contribution in [-0.2, 0) is 9.47 Å². The first-order valence-electron chi connectivity index (χ1n) is 6.72. The highest BCUT2D eigenvalue weighted by Crippen LogP contribution is 2.38. The van der Waals surface area contributed by atoms with Crippen LogP contribution in [0.1, 0.15) is 25.0 Å². The normalized spacial score (nSPS) is 21.6. The molecule has 1 N–H and O–H groups in total. The molecule has 0 radical (unpaired) electrons. The number of hydrogen-bond acceptors (Lipinski definition) is 4. The average Bonchev–Trinajstić information content (AvgIpc) is 3.08. The predicted octanol–water partition coefficient (Wildman–Crippen LogP) is 2.92. The molecule has 0 atom stereocenters. The van der Waals surface area contributed by atoms with Crippen LogP contribution >= 0.6 is 11.6 Å². The Morgan fingerprint density at radius 2 is 2.10 bits per heavy atom. The Hall–Kier alpha value is -1.43. The number of nitrogens with one attached hydrogen (secondary N) is 1. The number of H-pyrrole nitrogens is 1. The molecule has 0 unspecified atom stereocenters. The smallest absolute Gasteiger partial charge is 0.172 e. The van der Waals surface area contributed by atoms with Gasteiger partial charge in [0.25, 0.3) is 0 Å². The SMILES string of the molecule is Clc1ncnc2[nH]c(C3=CCC4(CC3)OCCO4)cc12. The lowest BCUT2D eigenvalue weighted by Gasteiger charge is -2.30. The first kappa shape index (κ1) is 12.3. The third kappa shape index (κ3) is 1.93. The van der Waals surface area contributed by atoms with Gasteiger partial charge in [-0.05, 0) is 18.1 Å². The molecular formula is C14H14ClN3O2. The monoisotopic (exact) mass is 291 g/mol. The van der Waals surface area contributed by atoms with Crippen LogP contribution in [0.5, 0.6) is 0 Å². The molecule has 1 fully saturated rings. The van der Waals surface area contributed by atoms with Gasteiger partial charge in [-0.2, -0.15) is 0 Å². The average molecular weight is 292 g/mol. The zero-order valence-corrected chi connectivity index (χ0v) is 11.6. The molecule has 3 heterocycles. The fraction of sp³-hybridized carbons (Fsp3) is 0.429. The maximum atomic E-state index is 6.08. The number of allylic oxidation sites excluding steroid dienone is 1. The van der Waals surface area contributed by atoms with Crippen LogP contribution < -0.4 is 0 Å². The number of hydrogen-bond donors (Lipinski definition) is 1. The van der Waals surface area contributed by atoms with Gasteiger partial charge in [0.2, 0.25) is 0 Å². The summed E-state index contributed by atoms with van der Waals surface area (Å²) < 4.78 is 11.4. The van der Waals surface area contributed by atoms with E-state index >= 15 is 0 Å². The standard InChI is InChI=1S/C14H14ClN3O2/c15-12-10-7-11(18-13(10)17-8-16-12)9-1-3-14(4-2-9)19-5-6-20-14/h1,7-8H,2-6H2,(H,16,17,18). The van der Waals surface area contributed by atoms with E-state index in [1.54, 1.807) is 0 Å². The van der Waals surface area contributed by atoms with Gasteiger partial charge in [-0.25, -0.2) is 9.97 Å². The molecule has 6 heteroatoms. The number of ether oxygens (including phenoxy) is 2. The summed E-state index contributed by atoms with van der Waals surface area (Å²) in [4.78, 5) is 11.5. The minimum atomic E-state index is -0.382. The van der Waals surface area contributed by atoms with E-state index in [0.29, 0.717) is 18.4 Å². The van der Waals surface area contributed by atoms with Gasteiger partial charge in [0, 0.05) is 18.5 Å². The highest BCUT2D eigenvalue weighted by Gasteiger charge is 2.37. The van der Waals surface area contributed by atoms with Crippen LogP contribution in [0.15, 0.2) is 18.5 Å². The van der Waals surface area contributed by atoms with Crippen molar-refractivity contribution in [3.05, 3.63) is 29.3 Å². The van der Waals surface area contributed by atoms with Crippen LogP contribution in [0.2, 0.25) is 5.15 Å². The van der Waals surface area contributed by atoms with Crippen molar-refractivity contribution in [2.75, 3.05) is 13.2 Å². The Balaban J connectivity index is 1.66. The minimum Gasteiger partial charge on any atom is -0.347 e. The summed E-state index contributed by atoms with van der Waals surface area (Å²) in [5, 5.41) is 1.34. The van der Waals surface area contributed by atoms with Crippen LogP contribution in [0.25, 0.3) is 16.6 Å². The lowest BCUT2D eigenvalue weighted by atomic mass is 9.92. The Bertz CT molecular complexity index is 689. The van der Waals surface area contributed by atoms with Gasteiger partial charge in [0.15, 0.2) is 5.79 Å². The van der Waals surface area contributed by atoms with Crippen LogP contribution in [-0.4, -0.2) is 34.0 Å². The third-order valence-electron chi connectivity index (χ3n) is 3.97. The van der Waals surface area contributed by atoms with Crippen molar-refractivity contribution >= 4 is 28.2 Å². The van der Waals surface area contributed by atoms with Crippen molar-refractivity contribution in [1.82, 2.24) is 15.0 Å². The lowest BCUT2D eigenvalue weighted by Crippen LogP contribution is -2.31. The third-order valence-corrected chi connectivity index (χ3v) is 4.27. The molecule has 4 rings (SSSR count). The summed E-state index contributed by atoms with van der Waals surface area (Å²) in [6, 6.07) is 2.01. The Morgan fingerprint density at radius 3 is 2.80 bits per heavy atom. The second kappa shape index (κ2) is 4.55. The Morgan fingerprint density at radius 1 is 1.25 bits per heavy atom. The van der Waals surface area contributed by atoms with Gasteiger partial charge in [0.05, 0.1) is 18.6 Å². The zero-order valence-electron chi connectivity index (χ0n) is 10.9. The highest BCUT2D eigenvalue weighted by molar-refractivity contribution is 6.34. The van der Waals surface area contributed by atoms with Crippen molar-refractivity contribution in [3.63, 3.8) is 0 Å². The predicted molar refractivity (Wildman–Crippen MR) is 75.4 cm³/mol. The zero-order chi connectivity index (χ0) is 13.6. The molecule has 1 saturated heterocycles. The fourth-order valence-corrected chi connectivity index (χ4v) is 3.08. The molecule has 2 aromatic rings. The van der Waals surface area contributed by atoms with E-state index in [4.69, 9.17) is 21.1 Å². The first-order valence-corrected chi connectivity index (χ1v) is 7.10. The summed E-state index contributed by atoms with van der Waals surface area (Å²) in [6.07, 6.45) is 6.23. The summed E-state index contributed by atoms with van der Waals surface area (Å²) >= 11 is 6.08. The molecule has 0 saturated carbocycles.